The van der Waals surface area contributed by atoms with Gasteiger partial charge >= 0.3 is 0 Å². The van der Waals surface area contributed by atoms with Crippen LogP contribution in [0.1, 0.15) is 37.6 Å². The summed E-state index contributed by atoms with van der Waals surface area (Å²) in [7, 11) is 0. The van der Waals surface area contributed by atoms with Crippen molar-refractivity contribution in [2.45, 2.75) is 39.8 Å². The van der Waals surface area contributed by atoms with Crippen molar-refractivity contribution >= 4 is 34.1 Å². The van der Waals surface area contributed by atoms with Crippen molar-refractivity contribution < 1.29 is 9.18 Å². The monoisotopic (exact) mass is 413 g/mol. The Morgan fingerprint density at radius 2 is 2.03 bits per heavy atom. The number of hydrogen-bond donors (Lipinski definition) is 4. The summed E-state index contributed by atoms with van der Waals surface area (Å²) in [4.78, 5) is 16.1. The van der Waals surface area contributed by atoms with Crippen LogP contribution in [0.3, 0.4) is 0 Å². The molecule has 9 heteroatoms. The molecule has 0 saturated carbocycles. The maximum Gasteiger partial charge on any atom is 0.252 e. The Balaban J connectivity index is 1.89. The number of benzene rings is 1. The van der Waals surface area contributed by atoms with Gasteiger partial charge in [0.15, 0.2) is 11.6 Å². The number of nitrogens with zero attached hydrogens (tertiary/aromatic N) is 3. The van der Waals surface area contributed by atoms with Crippen LogP contribution in [-0.2, 0) is 6.54 Å². The van der Waals surface area contributed by atoms with Gasteiger partial charge in [0.1, 0.15) is 5.82 Å². The zero-order chi connectivity index (χ0) is 21.8. The number of pyridine rings is 1. The maximum absolute atomic E-state index is 14.5. The fourth-order valence-electron chi connectivity index (χ4n) is 3.26. The van der Waals surface area contributed by atoms with Crippen molar-refractivity contribution in [1.29, 1.82) is 0 Å². The second kappa shape index (κ2) is 9.08. The molecule has 0 aliphatic heterocycles. The number of carbonyl (C=O) groups is 1. The number of amides is 1. The van der Waals surface area contributed by atoms with E-state index >= 15 is 0 Å². The van der Waals surface area contributed by atoms with Crippen LogP contribution in [0.25, 0.3) is 10.9 Å². The Bertz CT molecular complexity index is 1050. The SMILES string of the molecule is CC[C@H](N)C(C)CNc1nc(Nc2ccc3c(cnn3CC)c2)c(C(N)=O)cc1F. The largest absolute Gasteiger partial charge is 0.367 e. The Hall–Kier alpha value is -3.20. The number of anilines is 3. The lowest BCUT2D eigenvalue weighted by Crippen LogP contribution is -2.32. The zero-order valence-electron chi connectivity index (χ0n) is 17.4. The molecule has 0 bridgehead atoms. The predicted octanol–water partition coefficient (Wildman–Crippen LogP) is 3.22. The first kappa shape index (κ1) is 21.5. The molecule has 30 heavy (non-hydrogen) atoms. The van der Waals surface area contributed by atoms with Gasteiger partial charge in [-0.3, -0.25) is 9.48 Å². The number of carbonyl (C=O) groups excluding carboxylic acids is 1. The minimum absolute atomic E-state index is 0.00110. The topological polar surface area (TPSA) is 124 Å². The van der Waals surface area contributed by atoms with Gasteiger partial charge in [0.25, 0.3) is 5.91 Å². The molecule has 1 amide bonds. The van der Waals surface area contributed by atoms with Crippen LogP contribution in [0.4, 0.5) is 21.7 Å². The summed E-state index contributed by atoms with van der Waals surface area (Å²) in [5.74, 6) is -1.07. The van der Waals surface area contributed by atoms with Gasteiger partial charge in [-0.15, -0.1) is 0 Å². The van der Waals surface area contributed by atoms with Gasteiger partial charge < -0.3 is 22.1 Å². The Kier molecular flexibility index (Phi) is 6.51. The van der Waals surface area contributed by atoms with Gasteiger partial charge in [0.2, 0.25) is 0 Å². The number of halogens is 1. The van der Waals surface area contributed by atoms with Crippen LogP contribution in [-0.4, -0.2) is 33.3 Å². The van der Waals surface area contributed by atoms with E-state index in [1.165, 1.54) is 0 Å². The summed E-state index contributed by atoms with van der Waals surface area (Å²) >= 11 is 0. The van der Waals surface area contributed by atoms with Crippen molar-refractivity contribution in [2.75, 3.05) is 17.2 Å². The summed E-state index contributed by atoms with van der Waals surface area (Å²) in [6, 6.07) is 6.76. The third kappa shape index (κ3) is 4.51. The average molecular weight is 414 g/mol. The molecule has 0 spiro atoms. The molecule has 0 aliphatic rings. The van der Waals surface area contributed by atoms with E-state index in [4.69, 9.17) is 11.5 Å². The number of aryl methyl sites for hydroxylation is 1. The smallest absolute Gasteiger partial charge is 0.252 e. The van der Waals surface area contributed by atoms with Crippen molar-refractivity contribution in [2.24, 2.45) is 17.4 Å². The minimum Gasteiger partial charge on any atom is -0.367 e. The number of nitrogens with one attached hydrogen (secondary N) is 2. The Morgan fingerprint density at radius 3 is 2.70 bits per heavy atom. The Morgan fingerprint density at radius 1 is 1.27 bits per heavy atom. The van der Waals surface area contributed by atoms with E-state index in [-0.39, 0.29) is 29.2 Å². The molecule has 1 unspecified atom stereocenters. The van der Waals surface area contributed by atoms with E-state index in [0.29, 0.717) is 12.2 Å². The lowest BCUT2D eigenvalue weighted by atomic mass is 10.0. The maximum atomic E-state index is 14.5. The van der Waals surface area contributed by atoms with Crippen LogP contribution < -0.4 is 22.1 Å². The summed E-state index contributed by atoms with van der Waals surface area (Å²) in [6.45, 7) is 7.22. The molecule has 8 nitrogen and oxygen atoms in total. The second-order valence-electron chi connectivity index (χ2n) is 7.37. The van der Waals surface area contributed by atoms with Gasteiger partial charge in [-0.2, -0.15) is 5.10 Å². The van der Waals surface area contributed by atoms with Crippen LogP contribution in [0, 0.1) is 11.7 Å². The highest BCUT2D eigenvalue weighted by Gasteiger charge is 2.18. The summed E-state index contributed by atoms with van der Waals surface area (Å²) < 4.78 is 16.4. The molecule has 2 heterocycles. The molecular weight excluding hydrogens is 385 g/mol. The van der Waals surface area contributed by atoms with Gasteiger partial charge in [0.05, 0.1) is 17.3 Å². The van der Waals surface area contributed by atoms with E-state index in [1.54, 1.807) is 6.20 Å². The van der Waals surface area contributed by atoms with E-state index in [1.807, 2.05) is 43.7 Å². The quantitative estimate of drug-likeness (QED) is 0.427. The predicted molar refractivity (Wildman–Crippen MR) is 117 cm³/mol. The third-order valence-corrected chi connectivity index (χ3v) is 5.24. The van der Waals surface area contributed by atoms with E-state index in [9.17, 15) is 9.18 Å². The van der Waals surface area contributed by atoms with Gasteiger partial charge in [0, 0.05) is 30.2 Å². The molecule has 0 saturated heterocycles. The van der Waals surface area contributed by atoms with Gasteiger partial charge in [-0.1, -0.05) is 13.8 Å². The summed E-state index contributed by atoms with van der Waals surface area (Å²) in [5, 5.41) is 11.3. The van der Waals surface area contributed by atoms with Crippen molar-refractivity contribution in [3.05, 3.63) is 41.8 Å². The third-order valence-electron chi connectivity index (χ3n) is 5.24. The highest BCUT2D eigenvalue weighted by atomic mass is 19.1. The molecule has 2 atom stereocenters. The molecule has 6 N–H and O–H groups in total. The molecule has 0 radical (unpaired) electrons. The highest BCUT2D eigenvalue weighted by Crippen LogP contribution is 2.26. The first-order valence-electron chi connectivity index (χ1n) is 10.1. The number of hydrogen-bond acceptors (Lipinski definition) is 6. The first-order valence-corrected chi connectivity index (χ1v) is 10.1. The fraction of sp³-hybridized carbons (Fsp3) is 0.381. The second-order valence-corrected chi connectivity index (χ2v) is 7.37. The summed E-state index contributed by atoms with van der Waals surface area (Å²) in [6.07, 6.45) is 2.59. The number of rotatable bonds is 9. The molecular formula is C21H28FN7O. The molecule has 0 fully saturated rings. The van der Waals surface area contributed by atoms with Gasteiger partial charge in [-0.25, -0.2) is 9.37 Å². The van der Waals surface area contributed by atoms with E-state index in [2.05, 4.69) is 20.7 Å². The molecule has 3 rings (SSSR count). The molecule has 0 aliphatic carbocycles. The van der Waals surface area contributed by atoms with Crippen LogP contribution >= 0.6 is 0 Å². The standard InChI is InChI=1S/C21H28FN7O/c1-4-17(23)12(3)10-25-21-16(22)9-15(19(24)30)20(28-21)27-14-6-7-18-13(8-14)11-26-29(18)5-2/h6-9,11-12,17H,4-5,10,23H2,1-3H3,(H2,24,30)(H2,25,27,28)/t12?,17-/m0/s1. The summed E-state index contributed by atoms with van der Waals surface area (Å²) in [5.41, 5.74) is 13.1. The Labute approximate surface area is 174 Å². The number of aromatic nitrogens is 3. The molecule has 160 valence electrons. The lowest BCUT2D eigenvalue weighted by molar-refractivity contribution is 0.100. The zero-order valence-corrected chi connectivity index (χ0v) is 17.4. The first-order chi connectivity index (χ1) is 14.3. The number of nitrogens with two attached hydrogens (primary N) is 2. The van der Waals surface area contributed by atoms with Crippen molar-refractivity contribution in [3.63, 3.8) is 0 Å². The van der Waals surface area contributed by atoms with Crippen molar-refractivity contribution in [1.82, 2.24) is 14.8 Å². The van der Waals surface area contributed by atoms with E-state index in [0.717, 1.165) is 29.9 Å². The number of primary amides is 1. The van der Waals surface area contributed by atoms with E-state index < -0.39 is 11.7 Å². The van der Waals surface area contributed by atoms with Crippen LogP contribution in [0.5, 0.6) is 0 Å². The van der Waals surface area contributed by atoms with Crippen LogP contribution in [0.15, 0.2) is 30.5 Å². The highest BCUT2D eigenvalue weighted by molar-refractivity contribution is 5.99. The normalized spacial score (nSPS) is 13.2. The number of fused-ring (bicyclic) bond motifs is 1. The minimum atomic E-state index is -0.767. The van der Waals surface area contributed by atoms with Crippen LogP contribution in [0.2, 0.25) is 0 Å². The van der Waals surface area contributed by atoms with Crippen molar-refractivity contribution in [3.8, 4) is 0 Å². The van der Waals surface area contributed by atoms with Gasteiger partial charge in [-0.05, 0) is 43.5 Å². The molecule has 2 aromatic heterocycles. The molecule has 3 aromatic rings. The average Bonchev–Trinajstić information content (AvgIpc) is 3.14. The molecule has 1 aromatic carbocycles. The fourth-order valence-corrected chi connectivity index (χ4v) is 3.26. The lowest BCUT2D eigenvalue weighted by Gasteiger charge is -2.20.